The second-order valence-corrected chi connectivity index (χ2v) is 11.9. The second kappa shape index (κ2) is 14.3. The molecule has 0 spiro atoms. The Morgan fingerprint density at radius 2 is 1.43 bits per heavy atom. The van der Waals surface area contributed by atoms with Crippen LogP contribution in [0.2, 0.25) is 0 Å². The lowest BCUT2D eigenvalue weighted by Crippen LogP contribution is -2.23. The van der Waals surface area contributed by atoms with E-state index < -0.39 is 11.9 Å². The number of aromatic carboxylic acids is 1. The maximum Gasteiger partial charge on any atom is 0.336 e. The van der Waals surface area contributed by atoms with Crippen LogP contribution in [0.25, 0.3) is 33.4 Å². The molecule has 1 amide bonds. The molecule has 5 aromatic rings. The Hall–Kier alpha value is -6.87. The largest absolute Gasteiger partial charge is 0.508 e. The lowest BCUT2D eigenvalue weighted by Gasteiger charge is -2.18. The zero-order chi connectivity index (χ0) is 35.3. The number of phenols is 1. The van der Waals surface area contributed by atoms with Gasteiger partial charge in [-0.2, -0.15) is 0 Å². The Kier molecular flexibility index (Phi) is 9.17. The van der Waals surface area contributed by atoms with Crippen LogP contribution < -0.4 is 20.2 Å². The van der Waals surface area contributed by atoms with Crippen LogP contribution in [0.3, 0.4) is 0 Å². The van der Waals surface area contributed by atoms with Crippen molar-refractivity contribution in [2.45, 2.75) is 19.8 Å². The molecule has 1 aliphatic carbocycles. The molecule has 5 aromatic carbocycles. The summed E-state index contributed by atoms with van der Waals surface area (Å²) in [6, 6.07) is 38.0. The summed E-state index contributed by atoms with van der Waals surface area (Å²) in [5.41, 5.74) is 3.89. The van der Waals surface area contributed by atoms with Crippen molar-refractivity contribution < 1.29 is 33.7 Å². The van der Waals surface area contributed by atoms with E-state index in [2.05, 4.69) is 5.32 Å². The van der Waals surface area contributed by atoms with Gasteiger partial charge in [-0.05, 0) is 65.2 Å². The molecule has 0 bridgehead atoms. The van der Waals surface area contributed by atoms with E-state index >= 15 is 0 Å². The first-order valence-electron chi connectivity index (χ1n) is 16.1. The van der Waals surface area contributed by atoms with E-state index in [9.17, 15) is 24.6 Å². The molecule has 51 heavy (non-hydrogen) atoms. The fourth-order valence-corrected chi connectivity index (χ4v) is 5.95. The first-order chi connectivity index (χ1) is 24.8. The molecule has 0 unspecified atom stereocenters. The maximum absolute atomic E-state index is 13.8. The first-order valence-corrected chi connectivity index (χ1v) is 16.1. The third kappa shape index (κ3) is 7.13. The molecule has 3 N–H and O–H groups in total. The molecule has 0 saturated carbocycles. The molecule has 7 rings (SSSR count). The van der Waals surface area contributed by atoms with Crippen molar-refractivity contribution in [2.24, 2.45) is 0 Å². The number of nitrogens with one attached hydrogen (secondary N) is 1. The number of hydrogen-bond acceptors (Lipinski definition) is 7. The fraction of sp³-hybridized carbons (Fsp3) is 0.0714. The summed E-state index contributed by atoms with van der Waals surface area (Å²) in [5.74, 6) is -0.499. The van der Waals surface area contributed by atoms with Gasteiger partial charge in [-0.25, -0.2) is 4.79 Å². The highest BCUT2D eigenvalue weighted by molar-refractivity contribution is 6.09. The number of ether oxygens (including phenoxy) is 2. The Morgan fingerprint density at radius 3 is 2.16 bits per heavy atom. The molecule has 1 heterocycles. The topological polar surface area (TPSA) is 135 Å². The molecule has 0 fully saturated rings. The van der Waals surface area contributed by atoms with E-state index in [1.165, 1.54) is 42.5 Å². The summed E-state index contributed by atoms with van der Waals surface area (Å²) < 4.78 is 18.4. The number of fused-ring (bicyclic) bond motifs is 2. The number of rotatable bonds is 11. The summed E-state index contributed by atoms with van der Waals surface area (Å²) in [6.07, 6.45) is 0. The SMILES string of the molecule is O=C(NCc1cccc(OCc2ccccc2)c1OCc1ccccc1)c1ccc(C(=O)O)c(-c2c3ccc(=O)cc-3oc3cc(O)ccc23)c1. The number of phenolic OH excluding ortho intramolecular Hbond substituents is 1. The van der Waals surface area contributed by atoms with Crippen LogP contribution in [0.5, 0.6) is 17.2 Å². The van der Waals surface area contributed by atoms with Crippen LogP contribution in [0, 0.1) is 0 Å². The summed E-state index contributed by atoms with van der Waals surface area (Å²) in [5, 5.41) is 23.8. The number of carboxylic acids is 1. The number of carbonyl (C=O) groups is 2. The van der Waals surface area contributed by atoms with Gasteiger partial charge >= 0.3 is 5.97 Å². The van der Waals surface area contributed by atoms with Gasteiger partial charge in [0.1, 0.15) is 30.3 Å². The van der Waals surface area contributed by atoms with Gasteiger partial charge in [-0.3, -0.25) is 9.59 Å². The highest BCUT2D eigenvalue weighted by atomic mass is 16.5. The van der Waals surface area contributed by atoms with Gasteiger partial charge in [0, 0.05) is 46.3 Å². The van der Waals surface area contributed by atoms with Gasteiger partial charge in [0.05, 0.1) is 5.56 Å². The highest BCUT2D eigenvalue weighted by Gasteiger charge is 2.24. The normalized spacial score (nSPS) is 11.0. The van der Waals surface area contributed by atoms with Crippen molar-refractivity contribution in [1.29, 1.82) is 0 Å². The van der Waals surface area contributed by atoms with Gasteiger partial charge in [-0.15, -0.1) is 0 Å². The van der Waals surface area contributed by atoms with Crippen LogP contribution in [0.15, 0.2) is 143 Å². The van der Waals surface area contributed by atoms with Crippen LogP contribution in [-0.2, 0) is 19.8 Å². The zero-order valence-corrected chi connectivity index (χ0v) is 27.2. The van der Waals surface area contributed by atoms with Crippen molar-refractivity contribution in [2.75, 3.05) is 0 Å². The van der Waals surface area contributed by atoms with Gasteiger partial charge < -0.3 is 29.4 Å². The minimum atomic E-state index is -1.20. The van der Waals surface area contributed by atoms with Gasteiger partial charge in [0.25, 0.3) is 5.91 Å². The average Bonchev–Trinajstić information content (AvgIpc) is 3.15. The number of amides is 1. The maximum atomic E-state index is 13.8. The summed E-state index contributed by atoms with van der Waals surface area (Å²) in [6.45, 7) is 0.691. The van der Waals surface area contributed by atoms with Crippen molar-refractivity contribution in [1.82, 2.24) is 5.32 Å². The number of aromatic hydroxyl groups is 1. The molecule has 252 valence electrons. The minimum Gasteiger partial charge on any atom is -0.508 e. The molecular formula is C42H31NO8. The van der Waals surface area contributed by atoms with Crippen molar-refractivity contribution in [3.63, 3.8) is 0 Å². The Morgan fingerprint density at radius 1 is 0.706 bits per heavy atom. The minimum absolute atomic E-state index is 0.0560. The Labute approximate surface area is 292 Å². The quantitative estimate of drug-likeness (QED) is 0.117. The standard InChI is InChI=1S/C42H31NO8/c44-30-15-18-33-37(21-30)51-38-22-31(45)16-19-34(38)39(33)35-20-28(14-17-32(35)42(47)48)41(46)43-23-29-12-7-13-36(49-24-26-8-3-1-4-9-26)40(29)50-25-27-10-5-2-6-11-27/h1-22,44H,23-25H2,(H,43,46)(H,47,48). The van der Waals surface area contributed by atoms with Crippen molar-refractivity contribution >= 4 is 22.8 Å². The van der Waals surface area contributed by atoms with E-state index in [4.69, 9.17) is 13.9 Å². The third-order valence-corrected chi connectivity index (χ3v) is 8.42. The first kappa shape index (κ1) is 32.7. The van der Waals surface area contributed by atoms with E-state index in [0.717, 1.165) is 11.1 Å². The van der Waals surface area contributed by atoms with E-state index in [0.29, 0.717) is 40.2 Å². The highest BCUT2D eigenvalue weighted by Crippen LogP contribution is 2.42. The van der Waals surface area contributed by atoms with Gasteiger partial charge in [0.15, 0.2) is 16.9 Å². The number of carboxylic acid groups (broad SMARTS) is 1. The van der Waals surface area contributed by atoms with Crippen molar-refractivity contribution in [3.05, 3.63) is 172 Å². The fourth-order valence-electron chi connectivity index (χ4n) is 5.95. The van der Waals surface area contributed by atoms with Crippen molar-refractivity contribution in [3.8, 4) is 39.7 Å². The lowest BCUT2D eigenvalue weighted by atomic mass is 9.89. The van der Waals surface area contributed by atoms with E-state index in [1.807, 2.05) is 78.9 Å². The molecule has 0 atom stereocenters. The van der Waals surface area contributed by atoms with Crippen LogP contribution in [-0.4, -0.2) is 22.1 Å². The molecule has 1 aliphatic heterocycles. The van der Waals surface area contributed by atoms with Crippen LogP contribution >= 0.6 is 0 Å². The number of hydrogen-bond donors (Lipinski definition) is 3. The third-order valence-electron chi connectivity index (χ3n) is 8.42. The molecule has 0 saturated heterocycles. The van der Waals surface area contributed by atoms with Crippen LogP contribution in [0.4, 0.5) is 0 Å². The second-order valence-electron chi connectivity index (χ2n) is 11.9. The molecule has 0 aromatic heterocycles. The summed E-state index contributed by atoms with van der Waals surface area (Å²) in [4.78, 5) is 38.5. The van der Waals surface area contributed by atoms with E-state index in [1.54, 1.807) is 12.1 Å². The van der Waals surface area contributed by atoms with E-state index in [-0.39, 0.29) is 52.4 Å². The zero-order valence-electron chi connectivity index (χ0n) is 27.2. The number of para-hydroxylation sites is 1. The predicted octanol–water partition coefficient (Wildman–Crippen LogP) is 8.06. The monoisotopic (exact) mass is 677 g/mol. The Bertz CT molecular complexity index is 2400. The number of benzene rings is 6. The lowest BCUT2D eigenvalue weighted by molar-refractivity contribution is 0.0697. The smallest absolute Gasteiger partial charge is 0.336 e. The van der Waals surface area contributed by atoms with Gasteiger partial charge in [0.2, 0.25) is 0 Å². The molecule has 0 radical (unpaired) electrons. The predicted molar refractivity (Wildman–Crippen MR) is 192 cm³/mol. The molecular weight excluding hydrogens is 646 g/mol. The molecule has 9 heteroatoms. The number of carbonyl (C=O) groups excluding carboxylic acids is 1. The van der Waals surface area contributed by atoms with Crippen LogP contribution in [0.1, 0.15) is 37.4 Å². The molecule has 2 aliphatic rings. The summed E-state index contributed by atoms with van der Waals surface area (Å²) >= 11 is 0. The molecule has 9 nitrogen and oxygen atoms in total. The summed E-state index contributed by atoms with van der Waals surface area (Å²) in [7, 11) is 0. The van der Waals surface area contributed by atoms with Gasteiger partial charge in [-0.1, -0.05) is 72.8 Å². The Balaban J connectivity index is 1.22. The average molecular weight is 678 g/mol.